The van der Waals surface area contributed by atoms with Gasteiger partial charge in [-0.2, -0.15) is 0 Å². The maximum atomic E-state index is 11.7. The minimum atomic E-state index is -1.77. The quantitative estimate of drug-likeness (QED) is 0.0704. The summed E-state index contributed by atoms with van der Waals surface area (Å²) >= 11 is 0. The fourth-order valence-electron chi connectivity index (χ4n) is 2.61. The first-order chi connectivity index (χ1) is 15.2. The van der Waals surface area contributed by atoms with Crippen LogP contribution in [0.1, 0.15) is 19.3 Å². The molecular formula is C19H39N3O10. The van der Waals surface area contributed by atoms with E-state index in [0.29, 0.717) is 26.1 Å². The monoisotopic (exact) mass is 469 g/mol. The SMILES string of the molecule is O=C(CNCCCCNCCCNCC(=O)C(O)C(O)C(O)CO)C(O)C(O)C(O)CO. The number of unbranched alkanes of at least 4 members (excludes halogenated alkanes) is 1. The molecule has 0 aliphatic carbocycles. The van der Waals surface area contributed by atoms with E-state index in [1.807, 2.05) is 0 Å². The fourth-order valence-corrected chi connectivity index (χ4v) is 2.61. The van der Waals surface area contributed by atoms with E-state index >= 15 is 0 Å². The van der Waals surface area contributed by atoms with Gasteiger partial charge in [-0.25, -0.2) is 0 Å². The molecule has 0 fully saturated rings. The highest BCUT2D eigenvalue weighted by atomic mass is 16.4. The summed E-state index contributed by atoms with van der Waals surface area (Å²) in [6.07, 6.45) is -7.90. The maximum Gasteiger partial charge on any atom is 0.177 e. The van der Waals surface area contributed by atoms with E-state index in [9.17, 15) is 40.2 Å². The van der Waals surface area contributed by atoms with E-state index in [4.69, 9.17) is 10.2 Å². The first-order valence-corrected chi connectivity index (χ1v) is 10.6. The third kappa shape index (κ3) is 12.8. The largest absolute Gasteiger partial charge is 0.394 e. The van der Waals surface area contributed by atoms with Crippen molar-refractivity contribution in [3.05, 3.63) is 0 Å². The number of hydrogen-bond donors (Lipinski definition) is 11. The zero-order chi connectivity index (χ0) is 24.5. The van der Waals surface area contributed by atoms with Crippen molar-refractivity contribution < 1.29 is 50.4 Å². The molecule has 13 heteroatoms. The lowest BCUT2D eigenvalue weighted by atomic mass is 10.0. The van der Waals surface area contributed by atoms with Crippen LogP contribution in [0.4, 0.5) is 0 Å². The van der Waals surface area contributed by atoms with Crippen LogP contribution in [-0.2, 0) is 9.59 Å². The molecule has 0 aromatic heterocycles. The van der Waals surface area contributed by atoms with Gasteiger partial charge in [0.1, 0.15) is 36.6 Å². The Bertz CT molecular complexity index is 470. The van der Waals surface area contributed by atoms with Gasteiger partial charge in [0.2, 0.25) is 0 Å². The van der Waals surface area contributed by atoms with Gasteiger partial charge in [-0.1, -0.05) is 0 Å². The maximum absolute atomic E-state index is 11.7. The number of ketones is 2. The molecule has 0 aliphatic heterocycles. The van der Waals surface area contributed by atoms with E-state index in [2.05, 4.69) is 16.0 Å². The molecule has 6 atom stereocenters. The minimum absolute atomic E-state index is 0.168. The van der Waals surface area contributed by atoms with Crippen molar-refractivity contribution >= 4 is 11.6 Å². The minimum Gasteiger partial charge on any atom is -0.394 e. The number of Topliss-reactive ketones (excluding diaryl/α,β-unsaturated/α-hetero) is 2. The van der Waals surface area contributed by atoms with Crippen molar-refractivity contribution in [3.63, 3.8) is 0 Å². The Labute approximate surface area is 187 Å². The molecule has 0 amide bonds. The van der Waals surface area contributed by atoms with Crippen LogP contribution in [0.3, 0.4) is 0 Å². The van der Waals surface area contributed by atoms with Crippen LogP contribution in [0.2, 0.25) is 0 Å². The summed E-state index contributed by atoms with van der Waals surface area (Å²) in [6, 6.07) is 0. The number of hydrogen-bond acceptors (Lipinski definition) is 13. The standard InChI is InChI=1S/C19H39N3O10/c23-10-14(27)18(31)16(29)12(25)8-21-5-2-1-4-20-6-3-7-22-9-13(26)17(30)19(32)15(28)11-24/h14-24,27-32H,1-11H2. The molecule has 13 nitrogen and oxygen atoms in total. The third-order valence-corrected chi connectivity index (χ3v) is 4.73. The highest BCUT2D eigenvalue weighted by Gasteiger charge is 2.30. The first kappa shape index (κ1) is 30.9. The Morgan fingerprint density at radius 2 is 0.906 bits per heavy atom. The van der Waals surface area contributed by atoms with E-state index in [1.165, 1.54) is 0 Å². The van der Waals surface area contributed by atoms with E-state index in [0.717, 1.165) is 19.4 Å². The average molecular weight is 470 g/mol. The summed E-state index contributed by atoms with van der Waals surface area (Å²) in [5.41, 5.74) is 0. The number of aliphatic hydroxyl groups is 8. The Morgan fingerprint density at radius 3 is 1.31 bits per heavy atom. The molecule has 0 aromatic carbocycles. The Kier molecular flexibility index (Phi) is 17.7. The molecule has 0 radical (unpaired) electrons. The van der Waals surface area contributed by atoms with Gasteiger partial charge >= 0.3 is 0 Å². The highest BCUT2D eigenvalue weighted by molar-refractivity contribution is 5.85. The van der Waals surface area contributed by atoms with Crippen LogP contribution in [0.25, 0.3) is 0 Å². The van der Waals surface area contributed by atoms with Gasteiger partial charge in [-0.15, -0.1) is 0 Å². The third-order valence-electron chi connectivity index (χ3n) is 4.73. The molecule has 0 aliphatic rings. The normalized spacial score (nSPS) is 17.4. The Morgan fingerprint density at radius 1 is 0.562 bits per heavy atom. The molecule has 11 N–H and O–H groups in total. The zero-order valence-corrected chi connectivity index (χ0v) is 18.1. The predicted octanol–water partition coefficient (Wildman–Crippen LogP) is -5.79. The number of carbonyl (C=O) groups is 2. The van der Waals surface area contributed by atoms with Crippen LogP contribution < -0.4 is 16.0 Å². The molecule has 0 saturated carbocycles. The van der Waals surface area contributed by atoms with E-state index < -0.39 is 61.4 Å². The Hall–Kier alpha value is -1.10. The van der Waals surface area contributed by atoms with Gasteiger partial charge in [0.05, 0.1) is 26.3 Å². The lowest BCUT2D eigenvalue weighted by molar-refractivity contribution is -0.139. The number of aliphatic hydroxyl groups excluding tert-OH is 8. The molecule has 6 unspecified atom stereocenters. The Balaban J connectivity index is 3.62. The van der Waals surface area contributed by atoms with Crippen LogP contribution in [0, 0.1) is 0 Å². The summed E-state index contributed by atoms with van der Waals surface area (Å²) in [6.45, 7) is 0.548. The van der Waals surface area contributed by atoms with Gasteiger partial charge in [-0.3, -0.25) is 9.59 Å². The number of carbonyl (C=O) groups excluding carboxylic acids is 2. The van der Waals surface area contributed by atoms with Crippen LogP contribution in [-0.4, -0.2) is 142 Å². The van der Waals surface area contributed by atoms with Crippen LogP contribution in [0.15, 0.2) is 0 Å². The van der Waals surface area contributed by atoms with Crippen LogP contribution >= 0.6 is 0 Å². The number of rotatable bonds is 21. The second kappa shape index (κ2) is 18.3. The molecule has 190 valence electrons. The molecule has 0 heterocycles. The van der Waals surface area contributed by atoms with Gasteiger partial charge in [0.25, 0.3) is 0 Å². The number of nitrogens with one attached hydrogen (secondary N) is 3. The first-order valence-electron chi connectivity index (χ1n) is 10.6. The molecule has 0 aromatic rings. The van der Waals surface area contributed by atoms with E-state index in [-0.39, 0.29) is 13.1 Å². The molecule has 0 rings (SSSR count). The smallest absolute Gasteiger partial charge is 0.177 e. The second-order valence-electron chi connectivity index (χ2n) is 7.47. The summed E-state index contributed by atoms with van der Waals surface area (Å²) in [7, 11) is 0. The van der Waals surface area contributed by atoms with Gasteiger partial charge < -0.3 is 56.8 Å². The van der Waals surface area contributed by atoms with Crippen molar-refractivity contribution in [1.29, 1.82) is 0 Å². The lowest BCUT2D eigenvalue weighted by Crippen LogP contribution is -2.46. The van der Waals surface area contributed by atoms with Gasteiger partial charge in [-0.05, 0) is 45.4 Å². The highest BCUT2D eigenvalue weighted by Crippen LogP contribution is 2.02. The summed E-state index contributed by atoms with van der Waals surface area (Å²) in [4.78, 5) is 23.3. The van der Waals surface area contributed by atoms with Crippen molar-refractivity contribution in [3.8, 4) is 0 Å². The summed E-state index contributed by atoms with van der Waals surface area (Å²) < 4.78 is 0. The average Bonchev–Trinajstić information content (AvgIpc) is 2.81. The van der Waals surface area contributed by atoms with E-state index in [1.54, 1.807) is 0 Å². The van der Waals surface area contributed by atoms with Crippen molar-refractivity contribution in [2.45, 2.75) is 55.9 Å². The molecular weight excluding hydrogens is 430 g/mol. The van der Waals surface area contributed by atoms with Crippen molar-refractivity contribution in [2.24, 2.45) is 0 Å². The molecule has 0 saturated heterocycles. The van der Waals surface area contributed by atoms with Crippen molar-refractivity contribution in [2.75, 3.05) is 52.5 Å². The topological polar surface area (TPSA) is 232 Å². The van der Waals surface area contributed by atoms with Gasteiger partial charge in [0.15, 0.2) is 11.6 Å². The van der Waals surface area contributed by atoms with Gasteiger partial charge in [0, 0.05) is 0 Å². The molecule has 32 heavy (non-hydrogen) atoms. The zero-order valence-electron chi connectivity index (χ0n) is 18.1. The van der Waals surface area contributed by atoms with Crippen molar-refractivity contribution in [1.82, 2.24) is 16.0 Å². The lowest BCUT2D eigenvalue weighted by Gasteiger charge is -2.20. The fraction of sp³-hybridized carbons (Fsp3) is 0.895. The summed E-state index contributed by atoms with van der Waals surface area (Å²) in [5, 5.41) is 82.7. The molecule has 0 spiro atoms. The van der Waals surface area contributed by atoms with Crippen LogP contribution in [0.5, 0.6) is 0 Å². The summed E-state index contributed by atoms with van der Waals surface area (Å²) in [5.74, 6) is -1.36. The predicted molar refractivity (Wildman–Crippen MR) is 113 cm³/mol. The molecule has 0 bridgehead atoms. The second-order valence-corrected chi connectivity index (χ2v) is 7.47.